The zero-order chi connectivity index (χ0) is 21.3. The molecule has 0 spiro atoms. The Labute approximate surface area is 172 Å². The molecule has 0 aliphatic rings. The second kappa shape index (κ2) is 9.92. The number of rotatable bonds is 9. The predicted octanol–water partition coefficient (Wildman–Crippen LogP) is 2.79. The number of carbonyl (C=O) groups is 1. The van der Waals surface area contributed by atoms with Crippen molar-refractivity contribution in [1.82, 2.24) is 20.3 Å². The summed E-state index contributed by atoms with van der Waals surface area (Å²) < 4.78 is 0. The van der Waals surface area contributed by atoms with Crippen molar-refractivity contribution in [2.75, 3.05) is 23.7 Å². The van der Waals surface area contributed by atoms with Gasteiger partial charge in [-0.15, -0.1) is 0 Å². The third kappa shape index (κ3) is 5.47. The van der Waals surface area contributed by atoms with Gasteiger partial charge in [0.2, 0.25) is 5.95 Å². The minimum atomic E-state index is -0.515. The highest BCUT2D eigenvalue weighted by Gasteiger charge is 2.19. The summed E-state index contributed by atoms with van der Waals surface area (Å²) in [6.07, 6.45) is 4.88. The summed E-state index contributed by atoms with van der Waals surface area (Å²) in [6.45, 7) is 2.58. The number of anilines is 2. The maximum absolute atomic E-state index is 12.4. The Morgan fingerprint density at radius 2 is 1.83 bits per heavy atom. The summed E-state index contributed by atoms with van der Waals surface area (Å²) in [5.41, 5.74) is 1.09. The van der Waals surface area contributed by atoms with Gasteiger partial charge in [0.25, 0.3) is 11.6 Å². The number of nitro benzene ring substituents is 1. The van der Waals surface area contributed by atoms with E-state index in [1.165, 1.54) is 12.1 Å². The second-order valence-corrected chi connectivity index (χ2v) is 6.36. The summed E-state index contributed by atoms with van der Waals surface area (Å²) >= 11 is 0. The lowest BCUT2D eigenvalue weighted by Crippen LogP contribution is -2.29. The third-order valence-corrected chi connectivity index (χ3v) is 4.22. The smallest absolute Gasteiger partial charge is 0.293 e. The van der Waals surface area contributed by atoms with Crippen molar-refractivity contribution in [3.8, 4) is 0 Å². The van der Waals surface area contributed by atoms with Crippen molar-refractivity contribution in [3.63, 3.8) is 0 Å². The van der Waals surface area contributed by atoms with Gasteiger partial charge in [0.15, 0.2) is 0 Å². The summed E-state index contributed by atoms with van der Waals surface area (Å²) in [5.74, 6) is 0.0537. The molecule has 3 rings (SSSR count). The number of hydrogen-bond donors (Lipinski definition) is 3. The van der Waals surface area contributed by atoms with E-state index in [1.807, 2.05) is 19.1 Å². The average molecular weight is 407 g/mol. The Morgan fingerprint density at radius 1 is 1.07 bits per heavy atom. The van der Waals surface area contributed by atoms with Crippen molar-refractivity contribution in [2.24, 2.45) is 0 Å². The fourth-order valence-corrected chi connectivity index (χ4v) is 2.73. The van der Waals surface area contributed by atoms with E-state index < -0.39 is 10.8 Å². The number of pyridine rings is 1. The minimum absolute atomic E-state index is 0.179. The summed E-state index contributed by atoms with van der Waals surface area (Å²) in [7, 11) is 0. The highest BCUT2D eigenvalue weighted by atomic mass is 16.6. The van der Waals surface area contributed by atoms with Crippen LogP contribution in [-0.4, -0.2) is 38.9 Å². The molecule has 0 fully saturated rings. The van der Waals surface area contributed by atoms with Gasteiger partial charge in [0, 0.05) is 43.3 Å². The SMILES string of the molecule is CC(Nc1ccc(C(=O)NCCNc2ncccn2)cc1[N+](=O)[O-])c1ccccn1. The molecule has 1 amide bonds. The van der Waals surface area contributed by atoms with Gasteiger partial charge in [-0.3, -0.25) is 19.9 Å². The molecular weight excluding hydrogens is 386 g/mol. The summed E-state index contributed by atoms with van der Waals surface area (Å²) in [6, 6.07) is 11.3. The van der Waals surface area contributed by atoms with Crippen LogP contribution in [0.5, 0.6) is 0 Å². The molecule has 0 saturated heterocycles. The van der Waals surface area contributed by atoms with Crippen molar-refractivity contribution in [2.45, 2.75) is 13.0 Å². The monoisotopic (exact) mass is 407 g/mol. The number of aromatic nitrogens is 3. The van der Waals surface area contributed by atoms with E-state index in [0.29, 0.717) is 24.7 Å². The first-order valence-electron chi connectivity index (χ1n) is 9.29. The first-order valence-corrected chi connectivity index (χ1v) is 9.29. The maximum atomic E-state index is 12.4. The van der Waals surface area contributed by atoms with Gasteiger partial charge in [-0.25, -0.2) is 9.97 Å². The fourth-order valence-electron chi connectivity index (χ4n) is 2.73. The molecule has 1 aromatic carbocycles. The van der Waals surface area contributed by atoms with Crippen LogP contribution >= 0.6 is 0 Å². The zero-order valence-corrected chi connectivity index (χ0v) is 16.3. The van der Waals surface area contributed by atoms with Crippen molar-refractivity contribution in [1.29, 1.82) is 0 Å². The summed E-state index contributed by atoms with van der Waals surface area (Å²) in [5, 5.41) is 20.3. The van der Waals surface area contributed by atoms with Crippen LogP contribution in [0.1, 0.15) is 29.0 Å². The number of hydrogen-bond acceptors (Lipinski definition) is 8. The Morgan fingerprint density at radius 3 is 2.53 bits per heavy atom. The molecule has 3 N–H and O–H groups in total. The Kier molecular flexibility index (Phi) is 6.83. The Balaban J connectivity index is 1.62. The molecule has 0 bridgehead atoms. The van der Waals surface area contributed by atoms with E-state index in [4.69, 9.17) is 0 Å². The number of nitrogens with zero attached hydrogens (tertiary/aromatic N) is 4. The number of nitrogens with one attached hydrogen (secondary N) is 3. The Bertz CT molecular complexity index is 1000. The molecule has 2 heterocycles. The van der Waals surface area contributed by atoms with Gasteiger partial charge >= 0.3 is 0 Å². The predicted molar refractivity (Wildman–Crippen MR) is 112 cm³/mol. The van der Waals surface area contributed by atoms with Gasteiger partial charge in [-0.05, 0) is 37.3 Å². The number of amides is 1. The van der Waals surface area contributed by atoms with Crippen LogP contribution in [0.3, 0.4) is 0 Å². The topological polar surface area (TPSA) is 135 Å². The molecule has 10 nitrogen and oxygen atoms in total. The largest absolute Gasteiger partial charge is 0.371 e. The molecule has 1 unspecified atom stereocenters. The van der Waals surface area contributed by atoms with Crippen LogP contribution in [0.25, 0.3) is 0 Å². The van der Waals surface area contributed by atoms with Crippen LogP contribution in [0.15, 0.2) is 61.1 Å². The van der Waals surface area contributed by atoms with E-state index in [1.54, 1.807) is 36.8 Å². The maximum Gasteiger partial charge on any atom is 0.293 e. The molecule has 3 aromatic rings. The van der Waals surface area contributed by atoms with Gasteiger partial charge < -0.3 is 16.0 Å². The molecule has 1 atom stereocenters. The van der Waals surface area contributed by atoms with E-state index in [0.717, 1.165) is 5.69 Å². The van der Waals surface area contributed by atoms with Gasteiger partial charge in [-0.2, -0.15) is 0 Å². The third-order valence-electron chi connectivity index (χ3n) is 4.22. The van der Waals surface area contributed by atoms with Crippen LogP contribution in [0.2, 0.25) is 0 Å². The van der Waals surface area contributed by atoms with E-state index >= 15 is 0 Å². The average Bonchev–Trinajstić information content (AvgIpc) is 2.78. The molecule has 10 heteroatoms. The molecule has 2 aromatic heterocycles. The fraction of sp³-hybridized carbons (Fsp3) is 0.200. The molecule has 0 saturated carbocycles. The van der Waals surface area contributed by atoms with Crippen molar-refractivity contribution in [3.05, 3.63) is 82.4 Å². The Hall–Kier alpha value is -4.08. The molecule has 0 radical (unpaired) electrons. The van der Waals surface area contributed by atoms with Crippen molar-refractivity contribution >= 4 is 23.2 Å². The molecule has 0 aliphatic carbocycles. The van der Waals surface area contributed by atoms with Gasteiger partial charge in [-0.1, -0.05) is 6.07 Å². The molecule has 0 aliphatic heterocycles. The van der Waals surface area contributed by atoms with E-state index in [-0.39, 0.29) is 17.3 Å². The van der Waals surface area contributed by atoms with Crippen LogP contribution in [0, 0.1) is 10.1 Å². The highest BCUT2D eigenvalue weighted by molar-refractivity contribution is 5.95. The first-order chi connectivity index (χ1) is 14.5. The van der Waals surface area contributed by atoms with Gasteiger partial charge in [0.05, 0.1) is 16.7 Å². The molecular formula is C20H21N7O3. The number of benzene rings is 1. The van der Waals surface area contributed by atoms with Crippen LogP contribution in [-0.2, 0) is 0 Å². The lowest BCUT2D eigenvalue weighted by atomic mass is 10.1. The molecule has 30 heavy (non-hydrogen) atoms. The zero-order valence-electron chi connectivity index (χ0n) is 16.3. The van der Waals surface area contributed by atoms with E-state index in [9.17, 15) is 14.9 Å². The number of nitro groups is 1. The van der Waals surface area contributed by atoms with Crippen LogP contribution < -0.4 is 16.0 Å². The minimum Gasteiger partial charge on any atom is -0.371 e. The second-order valence-electron chi connectivity index (χ2n) is 6.36. The molecule has 154 valence electrons. The lowest BCUT2D eigenvalue weighted by molar-refractivity contribution is -0.384. The normalized spacial score (nSPS) is 11.4. The highest BCUT2D eigenvalue weighted by Crippen LogP contribution is 2.28. The number of carbonyl (C=O) groups excluding carboxylic acids is 1. The summed E-state index contributed by atoms with van der Waals surface area (Å²) in [4.78, 5) is 35.7. The quantitative estimate of drug-likeness (QED) is 0.280. The van der Waals surface area contributed by atoms with E-state index in [2.05, 4.69) is 30.9 Å². The van der Waals surface area contributed by atoms with Crippen molar-refractivity contribution < 1.29 is 9.72 Å². The van der Waals surface area contributed by atoms with Crippen LogP contribution in [0.4, 0.5) is 17.3 Å². The lowest BCUT2D eigenvalue weighted by Gasteiger charge is -2.15. The standard InChI is InChI=1S/C20H21N7O3/c1-14(16-5-2-3-8-21-16)26-17-7-6-15(13-18(17)27(29)30)19(28)22-11-12-25-20-23-9-4-10-24-20/h2-10,13-14,26H,11-12H2,1H3,(H,22,28)(H,23,24,25). The van der Waals surface area contributed by atoms with Gasteiger partial charge in [0.1, 0.15) is 5.69 Å². The first kappa shape index (κ1) is 20.6.